The maximum absolute atomic E-state index is 12.3. The molecule has 0 radical (unpaired) electrons. The Labute approximate surface area is 186 Å². The minimum absolute atomic E-state index is 0.402. The van der Waals surface area contributed by atoms with E-state index in [0.29, 0.717) is 19.8 Å². The lowest BCUT2D eigenvalue weighted by atomic mass is 10.0. The van der Waals surface area contributed by atoms with Crippen molar-refractivity contribution in [3.63, 3.8) is 0 Å². The maximum Gasteiger partial charge on any atom is 0.502 e. The van der Waals surface area contributed by atoms with Crippen molar-refractivity contribution in [3.8, 4) is 0 Å². The molecule has 0 atom stereocenters. The van der Waals surface area contributed by atoms with Crippen LogP contribution < -0.4 is 0 Å². The van der Waals surface area contributed by atoms with Gasteiger partial charge in [-0.15, -0.1) is 4.67 Å². The molecule has 0 aromatic rings. The van der Waals surface area contributed by atoms with Gasteiger partial charge in [-0.3, -0.25) is 9.05 Å². The Morgan fingerprint density at radius 3 is 1.43 bits per heavy atom. The first-order chi connectivity index (χ1) is 14.8. The molecular weight excluding hydrogens is 399 g/mol. The van der Waals surface area contributed by atoms with Crippen molar-refractivity contribution in [1.82, 2.24) is 0 Å². The van der Waals surface area contributed by atoms with Crippen LogP contribution in [0, 0.1) is 0 Å². The van der Waals surface area contributed by atoms with Gasteiger partial charge in [0.15, 0.2) is 0 Å². The van der Waals surface area contributed by atoms with Gasteiger partial charge in [-0.25, -0.2) is 9.45 Å². The number of unbranched alkanes of at least 4 members (excludes halogenated alkanes) is 15. The second-order valence-corrected chi connectivity index (χ2v) is 10.3. The minimum atomic E-state index is -3.53. The molecule has 1 heterocycles. The van der Waals surface area contributed by atoms with Crippen LogP contribution in [0.4, 0.5) is 0 Å². The monoisotopic (exact) mass is 448 g/mol. The van der Waals surface area contributed by atoms with E-state index in [4.69, 9.17) is 18.6 Å². The van der Waals surface area contributed by atoms with Crippen LogP contribution in [0.5, 0.6) is 0 Å². The topological polar surface area (TPSA) is 54.0 Å². The van der Waals surface area contributed by atoms with Gasteiger partial charge in [-0.05, 0) is 19.3 Å². The van der Waals surface area contributed by atoms with Crippen LogP contribution in [0.25, 0.3) is 0 Å². The quantitative estimate of drug-likeness (QED) is 0.0854. The second-order valence-electron chi connectivity index (χ2n) is 8.73. The Morgan fingerprint density at radius 1 is 0.600 bits per heavy atom. The third kappa shape index (κ3) is 17.7. The molecule has 1 rings (SSSR count). The number of hydrogen-bond acceptors (Lipinski definition) is 5. The summed E-state index contributed by atoms with van der Waals surface area (Å²) in [5, 5.41) is 0. The van der Waals surface area contributed by atoms with Crippen LogP contribution in [-0.4, -0.2) is 19.8 Å². The van der Waals surface area contributed by atoms with Gasteiger partial charge in [-0.1, -0.05) is 116 Å². The minimum Gasteiger partial charge on any atom is -0.285 e. The van der Waals surface area contributed by atoms with E-state index in [-0.39, 0.29) is 0 Å². The summed E-state index contributed by atoms with van der Waals surface area (Å²) >= 11 is 0. The van der Waals surface area contributed by atoms with Crippen molar-refractivity contribution < 1.29 is 23.2 Å². The summed E-state index contributed by atoms with van der Waals surface area (Å²) in [6.45, 7) is 3.52. The van der Waals surface area contributed by atoms with Crippen LogP contribution >= 0.6 is 7.82 Å². The second kappa shape index (κ2) is 20.9. The van der Waals surface area contributed by atoms with Crippen LogP contribution in [0.3, 0.4) is 0 Å². The molecule has 0 aromatic carbocycles. The molecule has 1 saturated heterocycles. The Balaban J connectivity index is 1.79. The van der Waals surface area contributed by atoms with Gasteiger partial charge in [0.2, 0.25) is 0 Å². The molecule has 0 saturated carbocycles. The van der Waals surface area contributed by atoms with Gasteiger partial charge in [0, 0.05) is 0 Å². The number of phosphoric ester groups is 1. The van der Waals surface area contributed by atoms with E-state index in [9.17, 15) is 4.57 Å². The molecule has 0 aromatic heterocycles. The molecule has 0 spiro atoms. The summed E-state index contributed by atoms with van der Waals surface area (Å²) in [4.78, 5) is 5.12. The SMILES string of the molecule is CCCCCCCCCCCCCCCCCCOOP1(=O)OCCCCCCO1. The lowest BCUT2D eigenvalue weighted by Crippen LogP contribution is -2.03. The highest BCUT2D eigenvalue weighted by Crippen LogP contribution is 2.50. The summed E-state index contributed by atoms with van der Waals surface area (Å²) in [5.74, 6) is 0. The van der Waals surface area contributed by atoms with Gasteiger partial charge >= 0.3 is 7.82 Å². The van der Waals surface area contributed by atoms with E-state index in [1.165, 1.54) is 89.9 Å². The van der Waals surface area contributed by atoms with Crippen LogP contribution in [0.2, 0.25) is 0 Å². The zero-order valence-electron chi connectivity index (χ0n) is 19.8. The number of hydrogen-bond donors (Lipinski definition) is 0. The summed E-state index contributed by atoms with van der Waals surface area (Å²) in [5.41, 5.74) is 0. The third-order valence-electron chi connectivity index (χ3n) is 5.76. The Morgan fingerprint density at radius 2 is 1.00 bits per heavy atom. The van der Waals surface area contributed by atoms with Crippen molar-refractivity contribution in [1.29, 1.82) is 0 Å². The molecule has 6 heteroatoms. The van der Waals surface area contributed by atoms with Crippen molar-refractivity contribution in [2.75, 3.05) is 19.8 Å². The van der Waals surface area contributed by atoms with Crippen molar-refractivity contribution in [2.45, 2.75) is 135 Å². The summed E-state index contributed by atoms with van der Waals surface area (Å²) < 4.78 is 27.9. The zero-order chi connectivity index (χ0) is 21.6. The highest BCUT2D eigenvalue weighted by molar-refractivity contribution is 7.48. The number of phosphoric acid groups is 1. The molecule has 5 nitrogen and oxygen atoms in total. The standard InChI is InChI=1S/C24H49O5P/c1-2-3-4-5-6-7-8-9-10-11-12-13-14-15-16-19-22-26-29-30(25)27-23-20-17-18-21-24-28-30/h2-24H2,1H3. The molecule has 1 fully saturated rings. The highest BCUT2D eigenvalue weighted by atomic mass is 31.2. The van der Waals surface area contributed by atoms with Gasteiger partial charge < -0.3 is 0 Å². The first-order valence-corrected chi connectivity index (χ1v) is 14.4. The first-order valence-electron chi connectivity index (χ1n) is 13.0. The van der Waals surface area contributed by atoms with Gasteiger partial charge in [-0.2, -0.15) is 0 Å². The van der Waals surface area contributed by atoms with Gasteiger partial charge in [0.25, 0.3) is 0 Å². The lowest BCUT2D eigenvalue weighted by molar-refractivity contribution is -0.227. The molecule has 0 unspecified atom stereocenters. The largest absolute Gasteiger partial charge is 0.502 e. The van der Waals surface area contributed by atoms with Crippen molar-refractivity contribution in [2.24, 2.45) is 0 Å². The molecule has 0 N–H and O–H groups in total. The maximum atomic E-state index is 12.3. The van der Waals surface area contributed by atoms with Crippen molar-refractivity contribution in [3.05, 3.63) is 0 Å². The van der Waals surface area contributed by atoms with Crippen LogP contribution in [0.1, 0.15) is 135 Å². The van der Waals surface area contributed by atoms with E-state index < -0.39 is 7.82 Å². The molecular formula is C24H49O5P. The van der Waals surface area contributed by atoms with Crippen LogP contribution in [-0.2, 0) is 23.2 Å². The molecule has 180 valence electrons. The summed E-state index contributed by atoms with van der Waals surface area (Å²) in [7, 11) is -3.53. The predicted molar refractivity (Wildman–Crippen MR) is 125 cm³/mol. The predicted octanol–water partition coefficient (Wildman–Crippen LogP) is 8.91. The molecule has 0 amide bonds. The summed E-state index contributed by atoms with van der Waals surface area (Å²) in [6, 6.07) is 0. The third-order valence-corrected chi connectivity index (χ3v) is 7.05. The fourth-order valence-electron chi connectivity index (χ4n) is 3.80. The molecule has 1 aliphatic heterocycles. The Hall–Kier alpha value is 0.0700. The lowest BCUT2D eigenvalue weighted by Gasteiger charge is -2.15. The number of rotatable bonds is 19. The first kappa shape index (κ1) is 28.1. The van der Waals surface area contributed by atoms with E-state index in [1.54, 1.807) is 0 Å². The molecule has 0 aliphatic carbocycles. The van der Waals surface area contributed by atoms with E-state index in [2.05, 4.69) is 6.92 Å². The van der Waals surface area contributed by atoms with E-state index in [1.807, 2.05) is 0 Å². The van der Waals surface area contributed by atoms with Gasteiger partial charge in [0.05, 0.1) is 19.8 Å². The Bertz CT molecular complexity index is 391. The fourth-order valence-corrected chi connectivity index (χ4v) is 4.87. The zero-order valence-corrected chi connectivity index (χ0v) is 20.6. The van der Waals surface area contributed by atoms with E-state index >= 15 is 0 Å². The van der Waals surface area contributed by atoms with Crippen LogP contribution in [0.15, 0.2) is 0 Å². The smallest absolute Gasteiger partial charge is 0.285 e. The normalized spacial score (nSPS) is 17.4. The Kier molecular flexibility index (Phi) is 19.6. The molecule has 0 bridgehead atoms. The summed E-state index contributed by atoms with van der Waals surface area (Å²) in [6.07, 6.45) is 25.3. The molecule has 30 heavy (non-hydrogen) atoms. The van der Waals surface area contributed by atoms with E-state index in [0.717, 1.165) is 38.5 Å². The van der Waals surface area contributed by atoms with Gasteiger partial charge in [0.1, 0.15) is 0 Å². The highest BCUT2D eigenvalue weighted by Gasteiger charge is 2.28. The average Bonchev–Trinajstić information content (AvgIpc) is 2.85. The van der Waals surface area contributed by atoms with Crippen molar-refractivity contribution >= 4 is 7.82 Å². The molecule has 1 aliphatic rings. The average molecular weight is 449 g/mol. The fraction of sp³-hybridized carbons (Fsp3) is 1.00.